The molecule has 0 aliphatic carbocycles. The molecule has 1 aliphatic rings. The summed E-state index contributed by atoms with van der Waals surface area (Å²) in [4.78, 5) is 37.8. The number of nitrogens with zero attached hydrogens (tertiary/aromatic N) is 3. The van der Waals surface area contributed by atoms with E-state index < -0.39 is 16.7 Å². The second-order valence-corrected chi connectivity index (χ2v) is 5.93. The molecule has 2 heterocycles. The number of nitro groups is 1. The van der Waals surface area contributed by atoms with Crippen LogP contribution in [0.25, 0.3) is 0 Å². The van der Waals surface area contributed by atoms with Crippen LogP contribution < -0.4 is 0 Å². The molecule has 3 rings (SSSR count). The number of carbonyl (C=O) groups is 2. The van der Waals surface area contributed by atoms with Crippen LogP contribution in [-0.4, -0.2) is 52.7 Å². The molecule has 0 unspecified atom stereocenters. The van der Waals surface area contributed by atoms with Crippen LogP contribution in [0.4, 0.5) is 5.88 Å². The lowest BCUT2D eigenvalue weighted by atomic mass is 10.2. The predicted molar refractivity (Wildman–Crippen MR) is 88.6 cm³/mol. The van der Waals surface area contributed by atoms with Crippen molar-refractivity contribution >= 4 is 29.3 Å². The molecule has 1 aromatic heterocycles. The fourth-order valence-electron chi connectivity index (χ4n) is 2.61. The lowest BCUT2D eigenvalue weighted by molar-refractivity contribution is -0.402. The van der Waals surface area contributed by atoms with Crippen molar-refractivity contribution in [1.29, 1.82) is 0 Å². The molecule has 0 atom stereocenters. The lowest BCUT2D eigenvalue weighted by Crippen LogP contribution is -2.50. The number of carbonyl (C=O) groups excluding carboxylic acids is 2. The lowest BCUT2D eigenvalue weighted by Gasteiger charge is -2.34. The molecule has 2 aromatic rings. The molecule has 1 aliphatic heterocycles. The fraction of sp³-hybridized carbons (Fsp3) is 0.250. The maximum Gasteiger partial charge on any atom is 0.433 e. The molecule has 1 aromatic carbocycles. The molecule has 0 bridgehead atoms. The Labute approximate surface area is 147 Å². The van der Waals surface area contributed by atoms with Crippen LogP contribution in [-0.2, 0) is 0 Å². The fourth-order valence-corrected chi connectivity index (χ4v) is 2.80. The first-order valence-electron chi connectivity index (χ1n) is 7.54. The SMILES string of the molecule is O=C(c1cccc(Cl)c1)N1CCN(C(=O)c2ccc([N+](=O)[O-])o2)CC1. The number of rotatable bonds is 3. The Balaban J connectivity index is 1.62. The summed E-state index contributed by atoms with van der Waals surface area (Å²) in [6.45, 7) is 1.36. The zero-order valence-electron chi connectivity index (χ0n) is 13.1. The van der Waals surface area contributed by atoms with Crippen molar-refractivity contribution in [2.24, 2.45) is 0 Å². The van der Waals surface area contributed by atoms with Crippen LogP contribution in [0, 0.1) is 10.1 Å². The molecule has 1 saturated heterocycles. The second kappa shape index (κ2) is 6.94. The van der Waals surface area contributed by atoms with Crippen LogP contribution in [0.3, 0.4) is 0 Å². The Bertz CT molecular complexity index is 827. The summed E-state index contributed by atoms with van der Waals surface area (Å²) in [7, 11) is 0. The normalized spacial score (nSPS) is 14.4. The van der Waals surface area contributed by atoms with E-state index >= 15 is 0 Å². The van der Waals surface area contributed by atoms with E-state index in [9.17, 15) is 19.7 Å². The summed E-state index contributed by atoms with van der Waals surface area (Å²) in [5.41, 5.74) is 0.494. The van der Waals surface area contributed by atoms with Crippen molar-refractivity contribution < 1.29 is 18.9 Å². The van der Waals surface area contributed by atoms with E-state index in [1.165, 1.54) is 11.0 Å². The number of furan rings is 1. The second-order valence-electron chi connectivity index (χ2n) is 5.49. The summed E-state index contributed by atoms with van der Waals surface area (Å²) in [6.07, 6.45) is 0. The molecule has 0 spiro atoms. The summed E-state index contributed by atoms with van der Waals surface area (Å²) < 4.78 is 4.93. The summed E-state index contributed by atoms with van der Waals surface area (Å²) in [5, 5.41) is 11.1. The monoisotopic (exact) mass is 363 g/mol. The minimum atomic E-state index is -0.696. The third kappa shape index (κ3) is 3.63. The van der Waals surface area contributed by atoms with E-state index in [2.05, 4.69) is 0 Å². The van der Waals surface area contributed by atoms with Gasteiger partial charge in [-0.05, 0) is 24.3 Å². The minimum Gasteiger partial charge on any atom is -0.395 e. The van der Waals surface area contributed by atoms with Gasteiger partial charge in [0, 0.05) is 36.8 Å². The standard InChI is InChI=1S/C16H14ClN3O5/c17-12-3-1-2-11(10-12)15(21)18-6-8-19(9-7-18)16(22)13-4-5-14(25-13)20(23)24/h1-5,10H,6-9H2. The van der Waals surface area contributed by atoms with Crippen molar-refractivity contribution in [2.45, 2.75) is 0 Å². The Hall–Kier alpha value is -2.87. The van der Waals surface area contributed by atoms with E-state index in [1.807, 2.05) is 0 Å². The molecule has 130 valence electrons. The van der Waals surface area contributed by atoms with Crippen LogP contribution >= 0.6 is 11.6 Å². The molecule has 9 heteroatoms. The Kier molecular flexibility index (Phi) is 4.71. The third-order valence-electron chi connectivity index (χ3n) is 3.91. The highest BCUT2D eigenvalue weighted by atomic mass is 35.5. The van der Waals surface area contributed by atoms with Gasteiger partial charge in [0.25, 0.3) is 11.8 Å². The Morgan fingerprint density at radius 3 is 2.24 bits per heavy atom. The summed E-state index contributed by atoms with van der Waals surface area (Å²) in [5.74, 6) is -1.13. The van der Waals surface area contributed by atoms with Crippen LogP contribution in [0.1, 0.15) is 20.9 Å². The average Bonchev–Trinajstić information content (AvgIpc) is 3.11. The Morgan fingerprint density at radius 2 is 1.68 bits per heavy atom. The zero-order valence-corrected chi connectivity index (χ0v) is 13.8. The van der Waals surface area contributed by atoms with Crippen LogP contribution in [0.2, 0.25) is 5.02 Å². The molecule has 0 saturated carbocycles. The maximum absolute atomic E-state index is 12.4. The van der Waals surface area contributed by atoms with Gasteiger partial charge in [-0.3, -0.25) is 19.7 Å². The molecule has 1 fully saturated rings. The molecule has 8 nitrogen and oxygen atoms in total. The first-order chi connectivity index (χ1) is 12.0. The minimum absolute atomic E-state index is 0.0821. The van der Waals surface area contributed by atoms with Gasteiger partial charge < -0.3 is 14.2 Å². The molecule has 0 N–H and O–H groups in total. The van der Waals surface area contributed by atoms with Crippen molar-refractivity contribution in [3.8, 4) is 0 Å². The highest BCUT2D eigenvalue weighted by molar-refractivity contribution is 6.30. The van der Waals surface area contributed by atoms with Crippen molar-refractivity contribution in [2.75, 3.05) is 26.2 Å². The largest absolute Gasteiger partial charge is 0.433 e. The van der Waals surface area contributed by atoms with E-state index in [0.717, 1.165) is 6.07 Å². The molecular weight excluding hydrogens is 350 g/mol. The van der Waals surface area contributed by atoms with Gasteiger partial charge in [0.1, 0.15) is 4.92 Å². The van der Waals surface area contributed by atoms with E-state index in [-0.39, 0.29) is 11.7 Å². The van der Waals surface area contributed by atoms with Gasteiger partial charge in [-0.2, -0.15) is 0 Å². The number of amides is 2. The number of halogens is 1. The first-order valence-corrected chi connectivity index (χ1v) is 7.92. The molecular formula is C16H14ClN3O5. The quantitative estimate of drug-likeness (QED) is 0.616. The van der Waals surface area contributed by atoms with Gasteiger partial charge in [-0.25, -0.2) is 0 Å². The number of hydrogen-bond acceptors (Lipinski definition) is 5. The van der Waals surface area contributed by atoms with Crippen molar-refractivity contribution in [3.05, 3.63) is 62.9 Å². The van der Waals surface area contributed by atoms with Gasteiger partial charge in [0.2, 0.25) is 0 Å². The van der Waals surface area contributed by atoms with Crippen molar-refractivity contribution in [3.63, 3.8) is 0 Å². The summed E-state index contributed by atoms with van der Waals surface area (Å²) in [6, 6.07) is 9.11. The highest BCUT2D eigenvalue weighted by Crippen LogP contribution is 2.19. The predicted octanol–water partition coefficient (Wildman–Crippen LogP) is 2.44. The topological polar surface area (TPSA) is 96.9 Å². The highest BCUT2D eigenvalue weighted by Gasteiger charge is 2.28. The number of benzene rings is 1. The van der Waals surface area contributed by atoms with E-state index in [1.54, 1.807) is 29.2 Å². The van der Waals surface area contributed by atoms with Crippen molar-refractivity contribution in [1.82, 2.24) is 9.80 Å². The molecule has 0 radical (unpaired) electrons. The zero-order chi connectivity index (χ0) is 18.0. The van der Waals surface area contributed by atoms with Gasteiger partial charge in [0.15, 0.2) is 5.76 Å². The average molecular weight is 364 g/mol. The smallest absolute Gasteiger partial charge is 0.395 e. The summed E-state index contributed by atoms with van der Waals surface area (Å²) >= 11 is 5.90. The van der Waals surface area contributed by atoms with Crippen LogP contribution in [0.15, 0.2) is 40.8 Å². The number of hydrogen-bond donors (Lipinski definition) is 0. The van der Waals surface area contributed by atoms with Gasteiger partial charge in [0.05, 0.1) is 6.07 Å². The third-order valence-corrected chi connectivity index (χ3v) is 4.14. The van der Waals surface area contributed by atoms with Gasteiger partial charge in [-0.1, -0.05) is 17.7 Å². The maximum atomic E-state index is 12.4. The van der Waals surface area contributed by atoms with E-state index in [4.69, 9.17) is 16.0 Å². The Morgan fingerprint density at radius 1 is 1.04 bits per heavy atom. The van der Waals surface area contributed by atoms with E-state index in [0.29, 0.717) is 36.8 Å². The number of piperazine rings is 1. The van der Waals surface area contributed by atoms with Gasteiger partial charge in [-0.15, -0.1) is 0 Å². The molecule has 25 heavy (non-hydrogen) atoms. The van der Waals surface area contributed by atoms with Crippen LogP contribution in [0.5, 0.6) is 0 Å². The van der Waals surface area contributed by atoms with Gasteiger partial charge >= 0.3 is 5.88 Å². The molecule has 2 amide bonds. The first kappa shape index (κ1) is 17.0.